The van der Waals surface area contributed by atoms with Crippen LogP contribution in [0.1, 0.15) is 18.2 Å². The summed E-state index contributed by atoms with van der Waals surface area (Å²) in [6.45, 7) is 7.55. The maximum Gasteiger partial charge on any atom is 0.227 e. The van der Waals surface area contributed by atoms with Crippen molar-refractivity contribution in [2.45, 2.75) is 20.3 Å². The first-order valence-electron chi connectivity index (χ1n) is 8.99. The summed E-state index contributed by atoms with van der Waals surface area (Å²) in [5.74, 6) is 1.81. The van der Waals surface area contributed by atoms with E-state index in [4.69, 9.17) is 4.98 Å². The Kier molecular flexibility index (Phi) is 5.65. The van der Waals surface area contributed by atoms with Crippen LogP contribution in [0, 0.1) is 6.92 Å². The first-order valence-corrected chi connectivity index (χ1v) is 8.99. The Balaban J connectivity index is 1.66. The van der Waals surface area contributed by atoms with Crippen LogP contribution in [0.25, 0.3) is 0 Å². The van der Waals surface area contributed by atoms with Crippen molar-refractivity contribution in [3.05, 3.63) is 41.9 Å². The maximum absolute atomic E-state index is 11.5. The van der Waals surface area contributed by atoms with Crippen LogP contribution in [0.4, 0.5) is 11.8 Å². The highest BCUT2D eigenvalue weighted by molar-refractivity contribution is 5.73. The van der Waals surface area contributed by atoms with Gasteiger partial charge in [0.05, 0.1) is 0 Å². The second kappa shape index (κ2) is 8.12. The van der Waals surface area contributed by atoms with Gasteiger partial charge in [-0.25, -0.2) is 4.98 Å². The van der Waals surface area contributed by atoms with E-state index in [2.05, 4.69) is 19.8 Å². The molecule has 0 N–H and O–H groups in total. The number of pyridine rings is 1. The van der Waals surface area contributed by atoms with E-state index in [-0.39, 0.29) is 5.91 Å². The van der Waals surface area contributed by atoms with Gasteiger partial charge in [-0.05, 0) is 31.0 Å². The van der Waals surface area contributed by atoms with Crippen molar-refractivity contribution in [3.63, 3.8) is 0 Å². The van der Waals surface area contributed by atoms with Gasteiger partial charge in [0.1, 0.15) is 5.82 Å². The fourth-order valence-corrected chi connectivity index (χ4v) is 3.07. The van der Waals surface area contributed by atoms with E-state index in [1.165, 1.54) is 5.56 Å². The van der Waals surface area contributed by atoms with E-state index in [1.54, 1.807) is 6.92 Å². The van der Waals surface area contributed by atoms with Crippen molar-refractivity contribution in [2.24, 2.45) is 0 Å². The molecule has 2 aromatic rings. The number of hydrogen-bond donors (Lipinski definition) is 0. The summed E-state index contributed by atoms with van der Waals surface area (Å²) in [6.07, 6.45) is 4.55. The molecular formula is C19H26N6O. The molecule has 7 heteroatoms. The minimum atomic E-state index is 0.139. The minimum Gasteiger partial charge on any atom is -0.353 e. The van der Waals surface area contributed by atoms with Gasteiger partial charge in [-0.2, -0.15) is 4.98 Å². The molecular weight excluding hydrogens is 328 g/mol. The molecule has 26 heavy (non-hydrogen) atoms. The first-order chi connectivity index (χ1) is 12.5. The molecule has 0 aliphatic carbocycles. The van der Waals surface area contributed by atoms with Gasteiger partial charge in [0.25, 0.3) is 0 Å². The maximum atomic E-state index is 11.5. The predicted octanol–water partition coefficient (Wildman–Crippen LogP) is 1.53. The molecule has 0 saturated carbocycles. The predicted molar refractivity (Wildman–Crippen MR) is 102 cm³/mol. The molecule has 1 aliphatic heterocycles. The summed E-state index contributed by atoms with van der Waals surface area (Å²) in [7, 11) is 2.02. The van der Waals surface area contributed by atoms with Crippen LogP contribution in [0.15, 0.2) is 30.6 Å². The standard InChI is InChI=1S/C19H26N6O/c1-15-14-18(25-12-10-24(11-13-25)16(2)26)22-19(21-15)23(3)9-6-17-4-7-20-8-5-17/h4-5,7-8,14H,6,9-13H2,1-3H3. The van der Waals surface area contributed by atoms with Crippen LogP contribution in [-0.2, 0) is 11.2 Å². The average molecular weight is 354 g/mol. The van der Waals surface area contributed by atoms with E-state index in [9.17, 15) is 4.79 Å². The van der Waals surface area contributed by atoms with E-state index >= 15 is 0 Å². The number of piperazine rings is 1. The van der Waals surface area contributed by atoms with Gasteiger partial charge in [0.15, 0.2) is 0 Å². The fraction of sp³-hybridized carbons (Fsp3) is 0.474. The average Bonchev–Trinajstić information content (AvgIpc) is 2.66. The molecule has 3 rings (SSSR count). The number of nitrogens with zero attached hydrogens (tertiary/aromatic N) is 6. The van der Waals surface area contributed by atoms with Crippen LogP contribution in [0.2, 0.25) is 0 Å². The second-order valence-corrected chi connectivity index (χ2v) is 6.69. The number of carbonyl (C=O) groups excluding carboxylic acids is 1. The van der Waals surface area contributed by atoms with E-state index in [0.29, 0.717) is 0 Å². The number of hydrogen-bond acceptors (Lipinski definition) is 6. The fourth-order valence-electron chi connectivity index (χ4n) is 3.07. The third-order valence-corrected chi connectivity index (χ3v) is 4.70. The Hall–Kier alpha value is -2.70. The normalized spacial score (nSPS) is 14.4. The summed E-state index contributed by atoms with van der Waals surface area (Å²) < 4.78 is 0. The van der Waals surface area contributed by atoms with Crippen molar-refractivity contribution >= 4 is 17.7 Å². The Labute approximate surface area is 154 Å². The van der Waals surface area contributed by atoms with Crippen LogP contribution in [0.3, 0.4) is 0 Å². The highest BCUT2D eigenvalue weighted by Crippen LogP contribution is 2.19. The molecule has 2 aromatic heterocycles. The van der Waals surface area contributed by atoms with Crippen molar-refractivity contribution in [1.29, 1.82) is 0 Å². The third kappa shape index (κ3) is 4.47. The lowest BCUT2D eigenvalue weighted by atomic mass is 10.2. The SMILES string of the molecule is CC(=O)N1CCN(c2cc(C)nc(N(C)CCc3ccncc3)n2)CC1. The van der Waals surface area contributed by atoms with Crippen molar-refractivity contribution in [1.82, 2.24) is 19.9 Å². The van der Waals surface area contributed by atoms with Gasteiger partial charge in [-0.15, -0.1) is 0 Å². The number of aryl methyl sites for hydroxylation is 1. The molecule has 1 amide bonds. The van der Waals surface area contributed by atoms with Crippen molar-refractivity contribution in [3.8, 4) is 0 Å². The highest BCUT2D eigenvalue weighted by Gasteiger charge is 2.20. The van der Waals surface area contributed by atoms with Gasteiger partial charge >= 0.3 is 0 Å². The Morgan fingerprint density at radius 2 is 1.85 bits per heavy atom. The number of aromatic nitrogens is 3. The molecule has 0 atom stereocenters. The Morgan fingerprint density at radius 1 is 1.15 bits per heavy atom. The first kappa shape index (κ1) is 18.1. The molecule has 0 radical (unpaired) electrons. The van der Waals surface area contributed by atoms with E-state index in [0.717, 1.165) is 56.6 Å². The smallest absolute Gasteiger partial charge is 0.227 e. The topological polar surface area (TPSA) is 65.5 Å². The largest absolute Gasteiger partial charge is 0.353 e. The quantitative estimate of drug-likeness (QED) is 0.811. The molecule has 7 nitrogen and oxygen atoms in total. The summed E-state index contributed by atoms with van der Waals surface area (Å²) in [5.41, 5.74) is 2.20. The zero-order valence-corrected chi connectivity index (χ0v) is 15.7. The van der Waals surface area contributed by atoms with Crippen LogP contribution >= 0.6 is 0 Å². The molecule has 0 unspecified atom stereocenters. The Morgan fingerprint density at radius 3 is 2.50 bits per heavy atom. The van der Waals surface area contributed by atoms with Gasteiger partial charge < -0.3 is 14.7 Å². The molecule has 138 valence electrons. The molecule has 1 aliphatic rings. The minimum absolute atomic E-state index is 0.139. The van der Waals surface area contributed by atoms with Gasteiger partial charge in [0, 0.05) is 70.8 Å². The van der Waals surface area contributed by atoms with Gasteiger partial charge in [-0.3, -0.25) is 9.78 Å². The lowest BCUT2D eigenvalue weighted by molar-refractivity contribution is -0.129. The molecule has 0 aromatic carbocycles. The Bertz CT molecular complexity index is 743. The molecule has 0 spiro atoms. The van der Waals surface area contributed by atoms with Crippen LogP contribution in [-0.4, -0.2) is 65.5 Å². The molecule has 1 fully saturated rings. The number of anilines is 2. The lowest BCUT2D eigenvalue weighted by Gasteiger charge is -2.35. The number of rotatable bonds is 5. The lowest BCUT2D eigenvalue weighted by Crippen LogP contribution is -2.48. The second-order valence-electron chi connectivity index (χ2n) is 6.69. The molecule has 3 heterocycles. The van der Waals surface area contributed by atoms with E-state index in [1.807, 2.05) is 49.5 Å². The zero-order valence-electron chi connectivity index (χ0n) is 15.7. The van der Waals surface area contributed by atoms with Crippen LogP contribution < -0.4 is 9.80 Å². The van der Waals surface area contributed by atoms with Crippen LogP contribution in [0.5, 0.6) is 0 Å². The highest BCUT2D eigenvalue weighted by atomic mass is 16.2. The summed E-state index contributed by atoms with van der Waals surface area (Å²) >= 11 is 0. The van der Waals surface area contributed by atoms with E-state index < -0.39 is 0 Å². The number of carbonyl (C=O) groups is 1. The monoisotopic (exact) mass is 354 g/mol. The molecule has 1 saturated heterocycles. The summed E-state index contributed by atoms with van der Waals surface area (Å²) in [6, 6.07) is 6.08. The van der Waals surface area contributed by atoms with Crippen molar-refractivity contribution < 1.29 is 4.79 Å². The summed E-state index contributed by atoms with van der Waals surface area (Å²) in [4.78, 5) is 31.1. The molecule has 0 bridgehead atoms. The number of likely N-dealkylation sites (N-methyl/N-ethyl adjacent to an activating group) is 1. The van der Waals surface area contributed by atoms with Gasteiger partial charge in [0.2, 0.25) is 11.9 Å². The van der Waals surface area contributed by atoms with Crippen molar-refractivity contribution in [2.75, 3.05) is 49.6 Å². The number of amides is 1. The summed E-state index contributed by atoms with van der Waals surface area (Å²) in [5, 5.41) is 0. The zero-order chi connectivity index (χ0) is 18.5. The third-order valence-electron chi connectivity index (χ3n) is 4.70. The van der Waals surface area contributed by atoms with Gasteiger partial charge in [-0.1, -0.05) is 0 Å².